The van der Waals surface area contributed by atoms with Crippen LogP contribution >= 0.6 is 15.9 Å². The molecule has 0 aliphatic carbocycles. The number of aromatic nitrogens is 1. The van der Waals surface area contributed by atoms with E-state index < -0.39 is 11.4 Å². The topological polar surface area (TPSA) is 38.9 Å². The Balaban J connectivity index is 2.36. The Hall–Kier alpha value is -1.33. The molecule has 0 bridgehead atoms. The zero-order valence-corrected chi connectivity index (χ0v) is 12.6. The second kappa shape index (κ2) is 5.97. The van der Waals surface area contributed by atoms with Crippen molar-refractivity contribution in [1.82, 2.24) is 4.98 Å². The minimum Gasteiger partial charge on any atom is -0.320 e. The summed E-state index contributed by atoms with van der Waals surface area (Å²) in [6.07, 6.45) is 2.17. The fourth-order valence-corrected chi connectivity index (χ4v) is 2.47. The van der Waals surface area contributed by atoms with E-state index in [9.17, 15) is 8.78 Å². The van der Waals surface area contributed by atoms with Crippen LogP contribution < -0.4 is 5.73 Å². The maximum absolute atomic E-state index is 13.4. The Morgan fingerprint density at radius 1 is 1.20 bits per heavy atom. The van der Waals surface area contributed by atoms with Gasteiger partial charge in [-0.15, -0.1) is 0 Å². The standard InChI is InChI=1S/C15H15BrF2N2/c1-2-15(19,14-6-4-12(18)9-20-14)8-10-7-11(17)3-5-13(10)16/h3-7,9H,2,8,19H2,1H3. The van der Waals surface area contributed by atoms with Crippen molar-refractivity contribution in [3.8, 4) is 0 Å². The van der Waals surface area contributed by atoms with Crippen LogP contribution in [-0.4, -0.2) is 4.98 Å². The third-order valence-electron chi connectivity index (χ3n) is 3.38. The van der Waals surface area contributed by atoms with Gasteiger partial charge in [0, 0.05) is 4.47 Å². The van der Waals surface area contributed by atoms with E-state index in [1.54, 1.807) is 12.1 Å². The Bertz CT molecular complexity index is 601. The van der Waals surface area contributed by atoms with Crippen LogP contribution in [0.2, 0.25) is 0 Å². The molecular weight excluding hydrogens is 326 g/mol. The van der Waals surface area contributed by atoms with Gasteiger partial charge in [-0.05, 0) is 48.7 Å². The molecule has 106 valence electrons. The molecule has 0 aliphatic heterocycles. The number of benzene rings is 1. The average molecular weight is 341 g/mol. The van der Waals surface area contributed by atoms with Crippen molar-refractivity contribution in [2.24, 2.45) is 5.73 Å². The van der Waals surface area contributed by atoms with Gasteiger partial charge in [-0.25, -0.2) is 8.78 Å². The monoisotopic (exact) mass is 340 g/mol. The van der Waals surface area contributed by atoms with Gasteiger partial charge in [0.1, 0.15) is 11.6 Å². The van der Waals surface area contributed by atoms with Crippen molar-refractivity contribution in [2.45, 2.75) is 25.3 Å². The predicted molar refractivity (Wildman–Crippen MR) is 78.2 cm³/mol. The SMILES string of the molecule is CCC(N)(Cc1cc(F)ccc1Br)c1ccc(F)cn1. The molecule has 1 unspecified atom stereocenters. The highest BCUT2D eigenvalue weighted by Crippen LogP contribution is 2.29. The third-order valence-corrected chi connectivity index (χ3v) is 4.16. The van der Waals surface area contributed by atoms with Crippen molar-refractivity contribution in [1.29, 1.82) is 0 Å². The van der Waals surface area contributed by atoms with E-state index in [1.807, 2.05) is 6.92 Å². The van der Waals surface area contributed by atoms with Crippen molar-refractivity contribution in [3.63, 3.8) is 0 Å². The lowest BCUT2D eigenvalue weighted by Gasteiger charge is -2.28. The van der Waals surface area contributed by atoms with Crippen LogP contribution in [0.25, 0.3) is 0 Å². The molecule has 1 atom stereocenters. The molecule has 0 aliphatic rings. The summed E-state index contributed by atoms with van der Waals surface area (Å²) < 4.78 is 27.1. The first-order valence-electron chi connectivity index (χ1n) is 6.29. The van der Waals surface area contributed by atoms with Crippen LogP contribution in [0.3, 0.4) is 0 Å². The van der Waals surface area contributed by atoms with Gasteiger partial charge in [-0.3, -0.25) is 4.98 Å². The summed E-state index contributed by atoms with van der Waals surface area (Å²) in [5.74, 6) is -0.715. The van der Waals surface area contributed by atoms with Crippen molar-refractivity contribution in [2.75, 3.05) is 0 Å². The van der Waals surface area contributed by atoms with Crippen LogP contribution in [0.1, 0.15) is 24.6 Å². The maximum Gasteiger partial charge on any atom is 0.141 e. The molecule has 2 nitrogen and oxygen atoms in total. The first kappa shape index (κ1) is 15.1. The first-order chi connectivity index (χ1) is 9.44. The second-order valence-corrected chi connectivity index (χ2v) is 5.64. The summed E-state index contributed by atoms with van der Waals surface area (Å²) in [5.41, 5.74) is 6.99. The van der Waals surface area contributed by atoms with Gasteiger partial charge >= 0.3 is 0 Å². The van der Waals surface area contributed by atoms with E-state index in [0.29, 0.717) is 18.5 Å². The Morgan fingerprint density at radius 3 is 2.50 bits per heavy atom. The molecule has 0 fully saturated rings. The van der Waals surface area contributed by atoms with Gasteiger partial charge in [0.15, 0.2) is 0 Å². The molecule has 2 N–H and O–H groups in total. The average Bonchev–Trinajstić information content (AvgIpc) is 2.43. The van der Waals surface area contributed by atoms with Crippen molar-refractivity contribution < 1.29 is 8.78 Å². The third kappa shape index (κ3) is 3.22. The van der Waals surface area contributed by atoms with E-state index in [0.717, 1.165) is 16.2 Å². The molecule has 2 aromatic rings. The fourth-order valence-electron chi connectivity index (χ4n) is 2.09. The molecule has 20 heavy (non-hydrogen) atoms. The highest BCUT2D eigenvalue weighted by Gasteiger charge is 2.28. The number of nitrogens with zero attached hydrogens (tertiary/aromatic N) is 1. The summed E-state index contributed by atoms with van der Waals surface area (Å²) in [6, 6.07) is 7.39. The number of pyridine rings is 1. The van der Waals surface area contributed by atoms with E-state index >= 15 is 0 Å². The molecule has 1 aromatic heterocycles. The Kier molecular flexibility index (Phi) is 4.50. The Morgan fingerprint density at radius 2 is 1.90 bits per heavy atom. The zero-order valence-electron chi connectivity index (χ0n) is 11.0. The van der Waals surface area contributed by atoms with E-state index in [2.05, 4.69) is 20.9 Å². The molecule has 2 rings (SSSR count). The molecule has 5 heteroatoms. The van der Waals surface area contributed by atoms with Crippen LogP contribution in [0, 0.1) is 11.6 Å². The number of halogens is 3. The van der Waals surface area contributed by atoms with Gasteiger partial charge in [-0.2, -0.15) is 0 Å². The number of rotatable bonds is 4. The lowest BCUT2D eigenvalue weighted by molar-refractivity contribution is 0.409. The first-order valence-corrected chi connectivity index (χ1v) is 7.09. The van der Waals surface area contributed by atoms with Gasteiger partial charge in [0.25, 0.3) is 0 Å². The molecule has 0 saturated heterocycles. The summed E-state index contributed by atoms with van der Waals surface area (Å²) in [5, 5.41) is 0. The Labute approximate surface area is 125 Å². The number of nitrogens with two attached hydrogens (primary N) is 1. The van der Waals surface area contributed by atoms with E-state index in [1.165, 1.54) is 18.2 Å². The fraction of sp³-hybridized carbons (Fsp3) is 0.267. The van der Waals surface area contributed by atoms with Crippen LogP contribution in [0.15, 0.2) is 41.0 Å². The molecule has 1 aromatic carbocycles. The lowest BCUT2D eigenvalue weighted by Crippen LogP contribution is -2.39. The van der Waals surface area contributed by atoms with Gasteiger partial charge in [0.2, 0.25) is 0 Å². The summed E-state index contributed by atoms with van der Waals surface area (Å²) in [6.45, 7) is 1.93. The highest BCUT2D eigenvalue weighted by molar-refractivity contribution is 9.10. The maximum atomic E-state index is 13.4. The molecular formula is C15H15BrF2N2. The quantitative estimate of drug-likeness (QED) is 0.915. The molecule has 0 saturated carbocycles. The van der Waals surface area contributed by atoms with E-state index in [4.69, 9.17) is 5.73 Å². The highest BCUT2D eigenvalue weighted by atomic mass is 79.9. The number of hydrogen-bond acceptors (Lipinski definition) is 2. The van der Waals surface area contributed by atoms with Gasteiger partial charge in [0.05, 0.1) is 17.4 Å². The van der Waals surface area contributed by atoms with Crippen molar-refractivity contribution in [3.05, 3.63) is 63.9 Å². The van der Waals surface area contributed by atoms with Crippen molar-refractivity contribution >= 4 is 15.9 Å². The molecule has 0 spiro atoms. The molecule has 0 amide bonds. The largest absolute Gasteiger partial charge is 0.320 e. The minimum atomic E-state index is -0.760. The molecule has 0 radical (unpaired) electrons. The van der Waals surface area contributed by atoms with Crippen LogP contribution in [0.4, 0.5) is 8.78 Å². The van der Waals surface area contributed by atoms with Gasteiger partial charge in [-0.1, -0.05) is 22.9 Å². The summed E-state index contributed by atoms with van der Waals surface area (Å²) in [7, 11) is 0. The van der Waals surface area contributed by atoms with Crippen LogP contribution in [-0.2, 0) is 12.0 Å². The van der Waals surface area contributed by atoms with Gasteiger partial charge < -0.3 is 5.73 Å². The number of hydrogen-bond donors (Lipinski definition) is 1. The minimum absolute atomic E-state index is 0.311. The lowest BCUT2D eigenvalue weighted by atomic mass is 9.85. The normalized spacial score (nSPS) is 14.1. The summed E-state index contributed by atoms with van der Waals surface area (Å²) >= 11 is 3.39. The molecule has 1 heterocycles. The van der Waals surface area contributed by atoms with Crippen LogP contribution in [0.5, 0.6) is 0 Å². The van der Waals surface area contributed by atoms with E-state index in [-0.39, 0.29) is 5.82 Å². The smallest absolute Gasteiger partial charge is 0.141 e. The summed E-state index contributed by atoms with van der Waals surface area (Å²) in [4.78, 5) is 4.06. The zero-order chi connectivity index (χ0) is 14.8. The predicted octanol–water partition coefficient (Wildman–Crippen LogP) is 3.93. The second-order valence-electron chi connectivity index (χ2n) is 4.78.